The van der Waals surface area contributed by atoms with Crippen LogP contribution >= 0.6 is 0 Å². The van der Waals surface area contributed by atoms with E-state index in [1.165, 1.54) is 11.3 Å². The van der Waals surface area contributed by atoms with Crippen molar-refractivity contribution in [3.63, 3.8) is 0 Å². The number of benzene rings is 1. The number of carbonyl (C=O) groups is 1. The standard InChI is InChI=1S/C16H27N3O/c1-12(2)18-16(20)10-11-17-13(3)14-6-8-15(9-7-14)19(4)5/h6-9,12-13,17H,10-11H2,1-5H3,(H,18,20). The van der Waals surface area contributed by atoms with E-state index in [0.717, 1.165) is 0 Å². The quantitative estimate of drug-likeness (QED) is 0.804. The second-order valence-electron chi connectivity index (χ2n) is 5.63. The van der Waals surface area contributed by atoms with E-state index in [-0.39, 0.29) is 18.0 Å². The molecule has 1 aromatic rings. The maximum absolute atomic E-state index is 11.5. The van der Waals surface area contributed by atoms with Crippen LogP contribution in [0.2, 0.25) is 0 Å². The second-order valence-corrected chi connectivity index (χ2v) is 5.63. The summed E-state index contributed by atoms with van der Waals surface area (Å²) in [5.41, 5.74) is 2.43. The van der Waals surface area contributed by atoms with E-state index in [1.807, 2.05) is 27.9 Å². The highest BCUT2D eigenvalue weighted by molar-refractivity contribution is 5.76. The molecule has 2 N–H and O–H groups in total. The maximum Gasteiger partial charge on any atom is 0.221 e. The van der Waals surface area contributed by atoms with Crippen LogP contribution in [0, 0.1) is 0 Å². The van der Waals surface area contributed by atoms with Gasteiger partial charge < -0.3 is 15.5 Å². The highest BCUT2D eigenvalue weighted by Crippen LogP contribution is 2.17. The molecule has 0 aliphatic carbocycles. The van der Waals surface area contributed by atoms with Crippen LogP contribution in [0.4, 0.5) is 5.69 Å². The van der Waals surface area contributed by atoms with Crippen molar-refractivity contribution in [3.05, 3.63) is 29.8 Å². The first-order valence-corrected chi connectivity index (χ1v) is 7.20. The smallest absolute Gasteiger partial charge is 0.221 e. The molecule has 4 heteroatoms. The number of hydrogen-bond acceptors (Lipinski definition) is 3. The summed E-state index contributed by atoms with van der Waals surface area (Å²) >= 11 is 0. The summed E-state index contributed by atoms with van der Waals surface area (Å²) in [7, 11) is 4.06. The minimum absolute atomic E-state index is 0.0997. The van der Waals surface area contributed by atoms with Gasteiger partial charge in [-0.3, -0.25) is 4.79 Å². The van der Waals surface area contributed by atoms with Gasteiger partial charge in [-0.25, -0.2) is 0 Å². The predicted molar refractivity (Wildman–Crippen MR) is 85.1 cm³/mol. The normalized spacial score (nSPS) is 12.3. The van der Waals surface area contributed by atoms with Crippen molar-refractivity contribution in [3.8, 4) is 0 Å². The highest BCUT2D eigenvalue weighted by Gasteiger charge is 2.07. The molecule has 0 radical (unpaired) electrons. The van der Waals surface area contributed by atoms with Gasteiger partial charge in [0.15, 0.2) is 0 Å². The summed E-state index contributed by atoms with van der Waals surface area (Å²) in [5.74, 6) is 0.0997. The SMILES string of the molecule is CC(C)NC(=O)CCNC(C)c1ccc(N(C)C)cc1. The van der Waals surface area contributed by atoms with Gasteiger partial charge in [-0.05, 0) is 38.5 Å². The lowest BCUT2D eigenvalue weighted by atomic mass is 10.1. The van der Waals surface area contributed by atoms with Crippen molar-refractivity contribution in [1.82, 2.24) is 10.6 Å². The molecule has 4 nitrogen and oxygen atoms in total. The van der Waals surface area contributed by atoms with Gasteiger partial charge in [0.2, 0.25) is 5.91 Å². The molecule has 0 fully saturated rings. The topological polar surface area (TPSA) is 44.4 Å². The fraction of sp³-hybridized carbons (Fsp3) is 0.562. The largest absolute Gasteiger partial charge is 0.378 e. The molecular formula is C16H27N3O. The lowest BCUT2D eigenvalue weighted by Crippen LogP contribution is -2.33. The van der Waals surface area contributed by atoms with E-state index in [9.17, 15) is 4.79 Å². The van der Waals surface area contributed by atoms with Crippen molar-refractivity contribution in [2.45, 2.75) is 39.3 Å². The highest BCUT2D eigenvalue weighted by atomic mass is 16.1. The third kappa shape index (κ3) is 5.61. The summed E-state index contributed by atoms with van der Waals surface area (Å²) in [6.45, 7) is 6.75. The molecule has 1 aromatic carbocycles. The zero-order chi connectivity index (χ0) is 15.1. The second kappa shape index (κ2) is 7.90. The number of amides is 1. The maximum atomic E-state index is 11.5. The van der Waals surface area contributed by atoms with Crippen LogP contribution in [-0.4, -0.2) is 32.6 Å². The fourth-order valence-corrected chi connectivity index (χ4v) is 1.98. The lowest BCUT2D eigenvalue weighted by molar-refractivity contribution is -0.121. The van der Waals surface area contributed by atoms with E-state index >= 15 is 0 Å². The number of rotatable bonds is 7. The van der Waals surface area contributed by atoms with Crippen molar-refractivity contribution < 1.29 is 4.79 Å². The first-order valence-electron chi connectivity index (χ1n) is 7.20. The minimum atomic E-state index is 0.0997. The van der Waals surface area contributed by atoms with Gasteiger partial charge in [-0.1, -0.05) is 12.1 Å². The number of anilines is 1. The number of nitrogens with zero attached hydrogens (tertiary/aromatic N) is 1. The number of carbonyl (C=O) groups excluding carboxylic acids is 1. The van der Waals surface area contributed by atoms with Crippen LogP contribution in [0.3, 0.4) is 0 Å². The monoisotopic (exact) mass is 277 g/mol. The Labute approximate surface area is 122 Å². The minimum Gasteiger partial charge on any atom is -0.378 e. The molecule has 0 aliphatic heterocycles. The first kappa shape index (κ1) is 16.5. The Hall–Kier alpha value is -1.55. The Bertz CT molecular complexity index is 412. The molecule has 0 saturated heterocycles. The van der Waals surface area contributed by atoms with Crippen LogP contribution in [0.1, 0.15) is 38.8 Å². The van der Waals surface area contributed by atoms with Crippen LogP contribution < -0.4 is 15.5 Å². The predicted octanol–water partition coefficient (Wildman–Crippen LogP) is 2.32. The Morgan fingerprint density at radius 2 is 1.75 bits per heavy atom. The van der Waals surface area contributed by atoms with Gasteiger partial charge in [0.1, 0.15) is 0 Å². The van der Waals surface area contributed by atoms with Gasteiger partial charge in [0.05, 0.1) is 0 Å². The Kier molecular flexibility index (Phi) is 6.52. The summed E-state index contributed by atoms with van der Waals surface area (Å²) in [5, 5.41) is 6.27. The zero-order valence-corrected chi connectivity index (χ0v) is 13.2. The molecule has 0 aliphatic rings. The van der Waals surface area contributed by atoms with Crippen molar-refractivity contribution in [1.29, 1.82) is 0 Å². The van der Waals surface area contributed by atoms with Gasteiger partial charge >= 0.3 is 0 Å². The Morgan fingerprint density at radius 1 is 1.15 bits per heavy atom. The van der Waals surface area contributed by atoms with E-state index in [4.69, 9.17) is 0 Å². The van der Waals surface area contributed by atoms with Gasteiger partial charge in [-0.15, -0.1) is 0 Å². The van der Waals surface area contributed by atoms with Crippen LogP contribution in [0.5, 0.6) is 0 Å². The molecule has 1 rings (SSSR count). The van der Waals surface area contributed by atoms with Crippen LogP contribution in [0.25, 0.3) is 0 Å². The van der Waals surface area contributed by atoms with Gasteiger partial charge in [0.25, 0.3) is 0 Å². The van der Waals surface area contributed by atoms with Crippen molar-refractivity contribution in [2.75, 3.05) is 25.5 Å². The molecule has 20 heavy (non-hydrogen) atoms. The van der Waals surface area contributed by atoms with Gasteiger partial charge in [-0.2, -0.15) is 0 Å². The molecule has 1 unspecified atom stereocenters. The van der Waals surface area contributed by atoms with E-state index in [0.29, 0.717) is 13.0 Å². The van der Waals surface area contributed by atoms with Gasteiger partial charge in [0, 0.05) is 44.8 Å². The summed E-state index contributed by atoms with van der Waals surface area (Å²) < 4.78 is 0. The van der Waals surface area contributed by atoms with E-state index in [1.54, 1.807) is 0 Å². The third-order valence-corrected chi connectivity index (χ3v) is 3.16. The molecule has 0 saturated carbocycles. The molecule has 1 amide bonds. The fourth-order valence-electron chi connectivity index (χ4n) is 1.98. The van der Waals surface area contributed by atoms with Crippen LogP contribution in [-0.2, 0) is 4.79 Å². The zero-order valence-electron chi connectivity index (χ0n) is 13.2. The molecule has 0 spiro atoms. The van der Waals surface area contributed by atoms with Crippen molar-refractivity contribution in [2.24, 2.45) is 0 Å². The molecule has 0 heterocycles. The summed E-state index contributed by atoms with van der Waals surface area (Å²) in [6.07, 6.45) is 0.512. The average molecular weight is 277 g/mol. The Morgan fingerprint density at radius 3 is 2.25 bits per heavy atom. The summed E-state index contributed by atoms with van der Waals surface area (Å²) in [4.78, 5) is 13.6. The molecular weight excluding hydrogens is 250 g/mol. The van der Waals surface area contributed by atoms with Crippen LogP contribution in [0.15, 0.2) is 24.3 Å². The molecule has 0 bridgehead atoms. The summed E-state index contributed by atoms with van der Waals surface area (Å²) in [6, 6.07) is 8.93. The first-order chi connectivity index (χ1) is 9.40. The average Bonchev–Trinajstić information content (AvgIpc) is 2.37. The van der Waals surface area contributed by atoms with E-state index < -0.39 is 0 Å². The number of nitrogens with one attached hydrogen (secondary N) is 2. The molecule has 0 aromatic heterocycles. The van der Waals surface area contributed by atoms with E-state index in [2.05, 4.69) is 46.7 Å². The lowest BCUT2D eigenvalue weighted by Gasteiger charge is -2.17. The van der Waals surface area contributed by atoms with Crippen molar-refractivity contribution >= 4 is 11.6 Å². The number of hydrogen-bond donors (Lipinski definition) is 2. The Balaban J connectivity index is 2.39. The molecule has 112 valence electrons. The third-order valence-electron chi connectivity index (χ3n) is 3.16. The molecule has 1 atom stereocenters.